The Labute approximate surface area is 212 Å². The first-order valence-corrected chi connectivity index (χ1v) is 12.6. The molecule has 0 bridgehead atoms. The Hall–Kier alpha value is -3.74. The van der Waals surface area contributed by atoms with Crippen LogP contribution in [-0.2, 0) is 4.79 Å². The molecule has 3 aromatic rings. The van der Waals surface area contributed by atoms with Gasteiger partial charge >= 0.3 is 0 Å². The number of ether oxygens (including phenoxy) is 1. The molecule has 0 spiro atoms. The lowest BCUT2D eigenvalue weighted by molar-refractivity contribution is -0.123. The molecule has 0 aliphatic heterocycles. The minimum atomic E-state index is -0.894. The Bertz CT molecular complexity index is 1160. The number of hydrogen-bond donors (Lipinski definition) is 1. The van der Waals surface area contributed by atoms with Crippen molar-refractivity contribution in [2.24, 2.45) is 0 Å². The van der Waals surface area contributed by atoms with Crippen LogP contribution in [0.3, 0.4) is 0 Å². The fourth-order valence-electron chi connectivity index (χ4n) is 4.68. The maximum Gasteiger partial charge on any atom is 0.279 e. The van der Waals surface area contributed by atoms with Crippen molar-refractivity contribution < 1.29 is 14.3 Å². The number of hydrogen-bond acceptors (Lipinski definition) is 5. The van der Waals surface area contributed by atoms with Crippen molar-refractivity contribution in [2.45, 2.75) is 64.0 Å². The van der Waals surface area contributed by atoms with Gasteiger partial charge in [-0.05, 0) is 42.0 Å². The van der Waals surface area contributed by atoms with Crippen LogP contribution in [0.5, 0.6) is 5.75 Å². The van der Waals surface area contributed by atoms with Crippen molar-refractivity contribution >= 4 is 17.5 Å². The predicted molar refractivity (Wildman–Crippen MR) is 140 cm³/mol. The monoisotopic (exact) mass is 486 g/mol. The van der Waals surface area contributed by atoms with E-state index < -0.39 is 11.9 Å². The van der Waals surface area contributed by atoms with Crippen molar-refractivity contribution in [3.8, 4) is 5.75 Å². The highest BCUT2D eigenvalue weighted by Gasteiger charge is 2.35. The van der Waals surface area contributed by atoms with Gasteiger partial charge in [0.15, 0.2) is 0 Å². The first-order valence-electron chi connectivity index (χ1n) is 12.6. The number of carbonyl (C=O) groups excluding carboxylic acids is 2. The molecule has 7 heteroatoms. The molecule has 0 unspecified atom stereocenters. The molecule has 1 atom stereocenters. The molecule has 1 saturated carbocycles. The maximum atomic E-state index is 14.0. The molecule has 1 aromatic heterocycles. The molecule has 7 nitrogen and oxygen atoms in total. The minimum Gasteiger partial charge on any atom is -0.497 e. The van der Waals surface area contributed by atoms with Crippen LogP contribution in [-0.4, -0.2) is 34.9 Å². The zero-order valence-electron chi connectivity index (χ0n) is 21.2. The van der Waals surface area contributed by atoms with Gasteiger partial charge in [0, 0.05) is 30.2 Å². The van der Waals surface area contributed by atoms with Gasteiger partial charge in [-0.2, -0.15) is 0 Å². The summed E-state index contributed by atoms with van der Waals surface area (Å²) in [5, 5.41) is 3.24. The summed E-state index contributed by atoms with van der Waals surface area (Å²) >= 11 is 0. The number of aromatic nitrogens is 2. The molecule has 0 radical (unpaired) electrons. The highest BCUT2D eigenvalue weighted by Crippen LogP contribution is 2.33. The number of nitrogens with zero attached hydrogens (tertiary/aromatic N) is 3. The highest BCUT2D eigenvalue weighted by atomic mass is 16.5. The second kappa shape index (κ2) is 11.8. The number of nitrogens with one attached hydrogen (secondary N) is 1. The first kappa shape index (κ1) is 25.4. The molecule has 2 amide bonds. The van der Waals surface area contributed by atoms with Crippen LogP contribution in [0.15, 0.2) is 67.1 Å². The average Bonchev–Trinajstić information content (AvgIpc) is 2.92. The van der Waals surface area contributed by atoms with Crippen LogP contribution in [0.4, 0.5) is 5.69 Å². The van der Waals surface area contributed by atoms with Crippen LogP contribution >= 0.6 is 0 Å². The largest absolute Gasteiger partial charge is 0.497 e. The Kier molecular flexibility index (Phi) is 8.31. The molecule has 1 heterocycles. The number of methoxy groups -OCH3 is 1. The average molecular weight is 487 g/mol. The van der Waals surface area contributed by atoms with Crippen LogP contribution in [0.2, 0.25) is 0 Å². The zero-order valence-corrected chi connectivity index (χ0v) is 21.2. The van der Waals surface area contributed by atoms with Gasteiger partial charge in [0.05, 0.1) is 13.3 Å². The van der Waals surface area contributed by atoms with Crippen molar-refractivity contribution in [1.29, 1.82) is 0 Å². The summed E-state index contributed by atoms with van der Waals surface area (Å²) in [5.41, 5.74) is 2.60. The van der Waals surface area contributed by atoms with Gasteiger partial charge in [0.2, 0.25) is 5.91 Å². The van der Waals surface area contributed by atoms with Gasteiger partial charge in [0.25, 0.3) is 5.91 Å². The van der Waals surface area contributed by atoms with Crippen LogP contribution in [0, 0.1) is 0 Å². The Morgan fingerprint density at radius 2 is 1.72 bits per heavy atom. The third kappa shape index (κ3) is 5.90. The van der Waals surface area contributed by atoms with E-state index in [4.69, 9.17) is 4.74 Å². The third-order valence-corrected chi connectivity index (χ3v) is 6.71. The fraction of sp³-hybridized carbons (Fsp3) is 0.379. The van der Waals surface area contributed by atoms with E-state index in [-0.39, 0.29) is 17.6 Å². The normalized spacial score (nSPS) is 14.8. The molecule has 1 N–H and O–H groups in total. The lowest BCUT2D eigenvalue weighted by Crippen LogP contribution is -2.47. The van der Waals surface area contributed by atoms with Crippen LogP contribution in [0.25, 0.3) is 0 Å². The minimum absolute atomic E-state index is 0.0995. The van der Waals surface area contributed by atoms with E-state index >= 15 is 0 Å². The lowest BCUT2D eigenvalue weighted by Gasteiger charge is -2.33. The molecule has 36 heavy (non-hydrogen) atoms. The van der Waals surface area contributed by atoms with E-state index in [2.05, 4.69) is 29.1 Å². The summed E-state index contributed by atoms with van der Waals surface area (Å²) in [7, 11) is 1.58. The molecule has 188 valence electrons. The SMILES string of the molecule is COc1cccc(N(C(=O)c2cnccn2)[C@H](C(=O)NC2CCCCC2)c2ccc(C(C)C)cc2)c1. The van der Waals surface area contributed by atoms with E-state index in [0.29, 0.717) is 17.4 Å². The fourth-order valence-corrected chi connectivity index (χ4v) is 4.68. The molecule has 1 fully saturated rings. The molecule has 0 saturated heterocycles. The second-order valence-electron chi connectivity index (χ2n) is 9.53. The quantitative estimate of drug-likeness (QED) is 0.458. The van der Waals surface area contributed by atoms with E-state index in [1.54, 1.807) is 19.2 Å². The van der Waals surface area contributed by atoms with E-state index in [0.717, 1.165) is 31.2 Å². The summed E-state index contributed by atoms with van der Waals surface area (Å²) in [5.74, 6) is 0.322. The van der Waals surface area contributed by atoms with Crippen molar-refractivity contribution in [1.82, 2.24) is 15.3 Å². The standard InChI is InChI=1S/C29H34N4O3/c1-20(2)21-12-14-22(15-13-21)27(28(34)32-23-8-5-4-6-9-23)33(24-10-7-11-25(18-24)36-3)29(35)26-19-30-16-17-31-26/h7,10-20,23,27H,4-6,8-9H2,1-3H3,(H,32,34)/t27-/m0/s1. The number of carbonyl (C=O) groups is 2. The number of benzene rings is 2. The van der Waals surface area contributed by atoms with Crippen LogP contribution < -0.4 is 15.0 Å². The number of amides is 2. The number of rotatable bonds is 8. The molecule has 1 aliphatic carbocycles. The van der Waals surface area contributed by atoms with Gasteiger partial charge in [-0.1, -0.05) is 63.4 Å². The van der Waals surface area contributed by atoms with Gasteiger partial charge in [0.1, 0.15) is 17.5 Å². The zero-order chi connectivity index (χ0) is 25.5. The maximum absolute atomic E-state index is 14.0. The van der Waals surface area contributed by atoms with Gasteiger partial charge in [-0.3, -0.25) is 19.5 Å². The molecule has 2 aromatic carbocycles. The van der Waals surface area contributed by atoms with E-state index in [1.807, 2.05) is 36.4 Å². The summed E-state index contributed by atoms with van der Waals surface area (Å²) in [6.45, 7) is 4.25. The van der Waals surface area contributed by atoms with Gasteiger partial charge < -0.3 is 10.1 Å². The summed E-state index contributed by atoms with van der Waals surface area (Å²) < 4.78 is 5.43. The van der Waals surface area contributed by atoms with E-state index in [9.17, 15) is 9.59 Å². The van der Waals surface area contributed by atoms with Gasteiger partial charge in [-0.25, -0.2) is 4.98 Å². The second-order valence-corrected chi connectivity index (χ2v) is 9.53. The number of anilines is 1. The molecule has 4 rings (SSSR count). The Morgan fingerprint density at radius 3 is 2.36 bits per heavy atom. The molecular formula is C29H34N4O3. The third-order valence-electron chi connectivity index (χ3n) is 6.71. The molecule has 1 aliphatic rings. The highest BCUT2D eigenvalue weighted by molar-refractivity contribution is 6.09. The smallest absolute Gasteiger partial charge is 0.279 e. The van der Waals surface area contributed by atoms with Crippen molar-refractivity contribution in [3.63, 3.8) is 0 Å². The van der Waals surface area contributed by atoms with E-state index in [1.165, 1.54) is 35.5 Å². The Morgan fingerprint density at radius 1 is 1.00 bits per heavy atom. The van der Waals surface area contributed by atoms with Gasteiger partial charge in [-0.15, -0.1) is 0 Å². The van der Waals surface area contributed by atoms with Crippen LogP contribution in [0.1, 0.15) is 79.5 Å². The lowest BCUT2D eigenvalue weighted by atomic mass is 9.94. The molecular weight excluding hydrogens is 452 g/mol. The van der Waals surface area contributed by atoms with Crippen molar-refractivity contribution in [3.05, 3.63) is 83.9 Å². The summed E-state index contributed by atoms with van der Waals surface area (Å²) in [6, 6.07) is 14.3. The predicted octanol–water partition coefficient (Wildman–Crippen LogP) is 5.45. The summed E-state index contributed by atoms with van der Waals surface area (Å²) in [4.78, 5) is 37.7. The van der Waals surface area contributed by atoms with Crippen molar-refractivity contribution in [2.75, 3.05) is 12.0 Å². The first-order chi connectivity index (χ1) is 17.5. The topological polar surface area (TPSA) is 84.4 Å². The Balaban J connectivity index is 1.82. The summed E-state index contributed by atoms with van der Waals surface area (Å²) in [6.07, 6.45) is 9.69.